The monoisotopic (exact) mass is 378 g/mol. The highest BCUT2D eigenvalue weighted by Gasteiger charge is 2.44. The number of aliphatic hydroxyl groups is 1. The standard InChI is InChI=1S/C15H24Br2O/c1-6-15(5,18)8-7-11-10(2)12(16)9-13(17)14(11,3)4/h6,11-13,18H,1-2,7-9H2,3-5H3/t11-,12?,13+,15?/m0/s1. The highest BCUT2D eigenvalue weighted by Crippen LogP contribution is 2.50. The van der Waals surface area contributed by atoms with E-state index in [9.17, 15) is 5.11 Å². The molecular weight excluding hydrogens is 356 g/mol. The van der Waals surface area contributed by atoms with Crippen molar-refractivity contribution in [1.29, 1.82) is 0 Å². The number of allylic oxidation sites excluding steroid dienone is 1. The lowest BCUT2D eigenvalue weighted by molar-refractivity contribution is 0.0818. The molecule has 1 N–H and O–H groups in total. The van der Waals surface area contributed by atoms with Gasteiger partial charge in [-0.15, -0.1) is 6.58 Å². The van der Waals surface area contributed by atoms with E-state index in [1.165, 1.54) is 5.57 Å². The van der Waals surface area contributed by atoms with E-state index in [2.05, 4.69) is 58.9 Å². The van der Waals surface area contributed by atoms with Crippen LogP contribution in [0.25, 0.3) is 0 Å². The molecule has 1 rings (SSSR count). The van der Waals surface area contributed by atoms with E-state index in [0.717, 1.165) is 19.3 Å². The van der Waals surface area contributed by atoms with Crippen molar-refractivity contribution < 1.29 is 5.11 Å². The van der Waals surface area contributed by atoms with Gasteiger partial charge in [0.1, 0.15) is 0 Å². The van der Waals surface area contributed by atoms with Crippen LogP contribution in [-0.4, -0.2) is 20.4 Å². The number of hydrogen-bond donors (Lipinski definition) is 1. The first-order valence-corrected chi connectivity index (χ1v) is 8.27. The largest absolute Gasteiger partial charge is 0.386 e. The van der Waals surface area contributed by atoms with Gasteiger partial charge < -0.3 is 5.11 Å². The molecule has 0 amide bonds. The van der Waals surface area contributed by atoms with Crippen molar-refractivity contribution in [2.75, 3.05) is 0 Å². The summed E-state index contributed by atoms with van der Waals surface area (Å²) in [6.45, 7) is 14.3. The lowest BCUT2D eigenvalue weighted by Gasteiger charge is -2.47. The second-order valence-electron chi connectivity index (χ2n) is 6.22. The van der Waals surface area contributed by atoms with Crippen molar-refractivity contribution in [3.05, 3.63) is 24.8 Å². The zero-order valence-electron chi connectivity index (χ0n) is 11.5. The van der Waals surface area contributed by atoms with Gasteiger partial charge in [0.15, 0.2) is 0 Å². The van der Waals surface area contributed by atoms with Crippen LogP contribution in [-0.2, 0) is 0 Å². The average molecular weight is 380 g/mol. The summed E-state index contributed by atoms with van der Waals surface area (Å²) < 4.78 is 0. The molecule has 18 heavy (non-hydrogen) atoms. The molecule has 0 aliphatic heterocycles. The van der Waals surface area contributed by atoms with E-state index in [1.54, 1.807) is 6.08 Å². The molecule has 1 nitrogen and oxygen atoms in total. The van der Waals surface area contributed by atoms with Crippen LogP contribution in [0, 0.1) is 11.3 Å². The summed E-state index contributed by atoms with van der Waals surface area (Å²) in [6.07, 6.45) is 4.36. The lowest BCUT2D eigenvalue weighted by atomic mass is 9.64. The Kier molecular flexibility index (Phi) is 5.30. The number of hydrogen-bond acceptors (Lipinski definition) is 1. The zero-order chi connectivity index (χ0) is 14.1. The van der Waals surface area contributed by atoms with Gasteiger partial charge in [0.2, 0.25) is 0 Å². The molecule has 0 aromatic rings. The minimum atomic E-state index is -0.780. The van der Waals surface area contributed by atoms with E-state index >= 15 is 0 Å². The third kappa shape index (κ3) is 3.49. The molecule has 1 saturated carbocycles. The van der Waals surface area contributed by atoms with E-state index in [1.807, 2.05) is 6.92 Å². The van der Waals surface area contributed by atoms with E-state index in [4.69, 9.17) is 0 Å². The molecule has 3 heteroatoms. The Morgan fingerprint density at radius 3 is 2.56 bits per heavy atom. The maximum Gasteiger partial charge on any atom is 0.0797 e. The van der Waals surface area contributed by atoms with E-state index in [0.29, 0.717) is 15.6 Å². The van der Waals surface area contributed by atoms with Gasteiger partial charge in [-0.05, 0) is 37.5 Å². The fourth-order valence-corrected chi connectivity index (χ4v) is 4.53. The maximum atomic E-state index is 10.1. The normalized spacial score (nSPS) is 35.0. The van der Waals surface area contributed by atoms with Gasteiger partial charge in [0, 0.05) is 9.65 Å². The number of halogens is 2. The van der Waals surface area contributed by atoms with Gasteiger partial charge in [-0.2, -0.15) is 0 Å². The molecule has 0 aromatic carbocycles. The minimum absolute atomic E-state index is 0.165. The summed E-state index contributed by atoms with van der Waals surface area (Å²) in [6, 6.07) is 0. The molecule has 0 heterocycles. The SMILES string of the molecule is C=CC(C)(O)CC[C@H]1C(=C)C(Br)C[C@@H](Br)C1(C)C. The summed E-state index contributed by atoms with van der Waals surface area (Å²) in [5.41, 5.74) is 0.645. The van der Waals surface area contributed by atoms with Gasteiger partial charge in [-0.25, -0.2) is 0 Å². The first-order chi connectivity index (χ1) is 8.12. The predicted octanol–water partition coefficient (Wildman–Crippen LogP) is 4.83. The Bertz CT molecular complexity index is 333. The molecule has 0 saturated heterocycles. The molecule has 4 atom stereocenters. The van der Waals surface area contributed by atoms with Crippen LogP contribution in [0.15, 0.2) is 24.8 Å². The van der Waals surface area contributed by atoms with Crippen LogP contribution < -0.4 is 0 Å². The van der Waals surface area contributed by atoms with Crippen LogP contribution in [0.1, 0.15) is 40.0 Å². The molecule has 2 unspecified atom stereocenters. The Balaban J connectivity index is 2.82. The summed E-state index contributed by atoms with van der Waals surface area (Å²) in [5.74, 6) is 0.409. The summed E-state index contributed by atoms with van der Waals surface area (Å²) in [5, 5.41) is 10.1. The molecule has 104 valence electrons. The quantitative estimate of drug-likeness (QED) is 0.547. The Labute approximate surface area is 128 Å². The third-order valence-electron chi connectivity index (χ3n) is 4.35. The molecule has 0 aromatic heterocycles. The second kappa shape index (κ2) is 5.80. The van der Waals surface area contributed by atoms with Crippen LogP contribution in [0.5, 0.6) is 0 Å². The zero-order valence-corrected chi connectivity index (χ0v) is 14.7. The second-order valence-corrected chi connectivity index (χ2v) is 8.43. The molecular formula is C15H24Br2O. The fraction of sp³-hybridized carbons (Fsp3) is 0.733. The molecule has 0 spiro atoms. The first kappa shape index (κ1) is 16.5. The topological polar surface area (TPSA) is 20.2 Å². The van der Waals surface area contributed by atoms with Crippen LogP contribution in [0.4, 0.5) is 0 Å². The predicted molar refractivity (Wildman–Crippen MR) is 86.5 cm³/mol. The number of rotatable bonds is 4. The summed E-state index contributed by atoms with van der Waals surface area (Å²) in [4.78, 5) is 0.840. The summed E-state index contributed by atoms with van der Waals surface area (Å²) in [7, 11) is 0. The van der Waals surface area contributed by atoms with E-state index in [-0.39, 0.29) is 5.41 Å². The first-order valence-electron chi connectivity index (χ1n) is 6.44. The van der Waals surface area contributed by atoms with Crippen molar-refractivity contribution in [1.82, 2.24) is 0 Å². The Hall–Kier alpha value is 0.400. The van der Waals surface area contributed by atoms with E-state index < -0.39 is 5.60 Å². The van der Waals surface area contributed by atoms with Gasteiger partial charge in [0.05, 0.1) is 5.60 Å². The van der Waals surface area contributed by atoms with Crippen LogP contribution in [0.2, 0.25) is 0 Å². The smallest absolute Gasteiger partial charge is 0.0797 e. The van der Waals surface area contributed by atoms with Crippen molar-refractivity contribution in [2.24, 2.45) is 11.3 Å². The van der Waals surface area contributed by atoms with Crippen molar-refractivity contribution >= 4 is 31.9 Å². The summed E-state index contributed by atoms with van der Waals surface area (Å²) >= 11 is 7.51. The minimum Gasteiger partial charge on any atom is -0.386 e. The Morgan fingerprint density at radius 1 is 1.50 bits per heavy atom. The lowest BCUT2D eigenvalue weighted by Crippen LogP contribution is -2.43. The van der Waals surface area contributed by atoms with Crippen molar-refractivity contribution in [3.63, 3.8) is 0 Å². The van der Waals surface area contributed by atoms with Crippen molar-refractivity contribution in [2.45, 2.75) is 55.3 Å². The highest BCUT2D eigenvalue weighted by atomic mass is 79.9. The third-order valence-corrected chi connectivity index (χ3v) is 6.86. The molecule has 0 bridgehead atoms. The molecule has 1 aliphatic rings. The van der Waals surface area contributed by atoms with Gasteiger partial charge >= 0.3 is 0 Å². The van der Waals surface area contributed by atoms with Crippen molar-refractivity contribution in [3.8, 4) is 0 Å². The van der Waals surface area contributed by atoms with Gasteiger partial charge in [-0.1, -0.05) is 63.9 Å². The molecule has 1 aliphatic carbocycles. The maximum absolute atomic E-state index is 10.1. The molecule has 0 radical (unpaired) electrons. The van der Waals surface area contributed by atoms with Gasteiger partial charge in [0.25, 0.3) is 0 Å². The number of alkyl halides is 2. The van der Waals surface area contributed by atoms with Crippen LogP contribution >= 0.6 is 31.9 Å². The Morgan fingerprint density at radius 2 is 2.06 bits per heavy atom. The molecule has 1 fully saturated rings. The average Bonchev–Trinajstić information content (AvgIpc) is 2.26. The fourth-order valence-electron chi connectivity index (χ4n) is 2.65. The highest BCUT2D eigenvalue weighted by molar-refractivity contribution is 9.10. The van der Waals surface area contributed by atoms with Crippen LogP contribution in [0.3, 0.4) is 0 Å². The van der Waals surface area contributed by atoms with Gasteiger partial charge in [-0.3, -0.25) is 0 Å².